The number of aromatic nitrogens is 2. The van der Waals surface area contributed by atoms with Crippen molar-refractivity contribution in [2.45, 2.75) is 12.6 Å². The minimum absolute atomic E-state index is 0.183. The van der Waals surface area contributed by atoms with Crippen molar-refractivity contribution in [1.29, 1.82) is 0 Å². The van der Waals surface area contributed by atoms with Crippen LogP contribution in [-0.4, -0.2) is 23.3 Å². The average Bonchev–Trinajstić information content (AvgIpc) is 2.88. The molecule has 1 aromatic heterocycles. The quantitative estimate of drug-likeness (QED) is 0.850. The number of methoxy groups -OCH3 is 1. The second-order valence-corrected chi connectivity index (χ2v) is 4.31. The Morgan fingerprint density at radius 2 is 2.18 bits per heavy atom. The van der Waals surface area contributed by atoms with Crippen molar-refractivity contribution >= 4 is 11.5 Å². The molecule has 1 atom stereocenters. The molecule has 0 amide bonds. The van der Waals surface area contributed by atoms with Crippen molar-refractivity contribution in [3.8, 4) is 0 Å². The molecule has 0 bridgehead atoms. The summed E-state index contributed by atoms with van der Waals surface area (Å²) < 4.78 is 9.07. The van der Waals surface area contributed by atoms with Crippen molar-refractivity contribution in [3.05, 3.63) is 47.0 Å². The zero-order chi connectivity index (χ0) is 11.9. The van der Waals surface area contributed by atoms with Crippen LogP contribution in [-0.2, 0) is 11.3 Å². The summed E-state index contributed by atoms with van der Waals surface area (Å²) in [6, 6.07) is 10.4. The second-order valence-electron chi connectivity index (χ2n) is 3.70. The van der Waals surface area contributed by atoms with E-state index >= 15 is 0 Å². The molecule has 0 fully saturated rings. The van der Waals surface area contributed by atoms with Gasteiger partial charge in [0.1, 0.15) is 0 Å². The number of hydrogen-bond donors (Lipinski definition) is 1. The number of nitrogens with zero attached hydrogens (tertiary/aromatic N) is 2. The number of rotatable bonds is 6. The maximum Gasteiger partial charge on any atom is 0.0893 e. The number of hydrogen-bond acceptors (Lipinski definition) is 5. The normalized spacial score (nSPS) is 12.5. The minimum Gasteiger partial charge on any atom is -0.383 e. The monoisotopic (exact) mass is 249 g/mol. The summed E-state index contributed by atoms with van der Waals surface area (Å²) in [5, 5.41) is 9.37. The first-order valence-electron chi connectivity index (χ1n) is 5.43. The fourth-order valence-electron chi connectivity index (χ4n) is 1.61. The van der Waals surface area contributed by atoms with Crippen LogP contribution >= 0.6 is 11.5 Å². The number of ether oxygens (including phenoxy) is 1. The molecule has 0 saturated heterocycles. The van der Waals surface area contributed by atoms with Crippen LogP contribution in [0, 0.1) is 0 Å². The molecule has 0 aliphatic carbocycles. The van der Waals surface area contributed by atoms with Crippen LogP contribution < -0.4 is 5.32 Å². The molecule has 90 valence electrons. The fourth-order valence-corrected chi connectivity index (χ4v) is 2.07. The first kappa shape index (κ1) is 12.2. The van der Waals surface area contributed by atoms with Crippen molar-refractivity contribution in [2.75, 3.05) is 13.7 Å². The first-order chi connectivity index (χ1) is 8.40. The molecule has 2 rings (SSSR count). The van der Waals surface area contributed by atoms with Gasteiger partial charge < -0.3 is 10.1 Å². The maximum absolute atomic E-state index is 5.23. The third kappa shape index (κ3) is 3.59. The molecule has 0 aliphatic heterocycles. The van der Waals surface area contributed by atoms with E-state index in [-0.39, 0.29) is 6.04 Å². The van der Waals surface area contributed by atoms with E-state index in [0.717, 1.165) is 5.69 Å². The van der Waals surface area contributed by atoms with Crippen LogP contribution in [0.2, 0.25) is 0 Å². The molecule has 0 aliphatic rings. The Labute approximate surface area is 105 Å². The molecular weight excluding hydrogens is 234 g/mol. The van der Waals surface area contributed by atoms with Gasteiger partial charge in [0, 0.05) is 19.0 Å². The van der Waals surface area contributed by atoms with Gasteiger partial charge in [-0.15, -0.1) is 5.10 Å². The third-order valence-corrected chi connectivity index (χ3v) is 3.02. The molecule has 0 radical (unpaired) electrons. The van der Waals surface area contributed by atoms with E-state index in [1.165, 1.54) is 17.1 Å². The van der Waals surface area contributed by atoms with Crippen LogP contribution in [0.4, 0.5) is 0 Å². The van der Waals surface area contributed by atoms with Gasteiger partial charge in [0.05, 0.1) is 18.3 Å². The topological polar surface area (TPSA) is 47.0 Å². The molecule has 1 unspecified atom stereocenters. The van der Waals surface area contributed by atoms with Gasteiger partial charge in [0.25, 0.3) is 0 Å². The van der Waals surface area contributed by atoms with Crippen LogP contribution in [0.1, 0.15) is 17.3 Å². The molecule has 17 heavy (non-hydrogen) atoms. The van der Waals surface area contributed by atoms with E-state index in [0.29, 0.717) is 13.2 Å². The molecule has 4 nitrogen and oxygen atoms in total. The standard InChI is InChI=1S/C12H15N3OS/c1-16-8-12(10-5-3-2-4-6-10)13-7-11-9-17-15-14-11/h2-6,9,12-13H,7-8H2,1H3. The summed E-state index contributed by atoms with van der Waals surface area (Å²) >= 11 is 1.37. The van der Waals surface area contributed by atoms with Crippen LogP contribution in [0.25, 0.3) is 0 Å². The predicted molar refractivity (Wildman–Crippen MR) is 67.8 cm³/mol. The largest absolute Gasteiger partial charge is 0.383 e. The van der Waals surface area contributed by atoms with Crippen LogP contribution in [0.3, 0.4) is 0 Å². The summed E-state index contributed by atoms with van der Waals surface area (Å²) in [6.45, 7) is 1.35. The van der Waals surface area contributed by atoms with Crippen LogP contribution in [0.5, 0.6) is 0 Å². The summed E-state index contributed by atoms with van der Waals surface area (Å²) in [7, 11) is 1.71. The molecule has 2 aromatic rings. The van der Waals surface area contributed by atoms with Crippen molar-refractivity contribution < 1.29 is 4.74 Å². The third-order valence-electron chi connectivity index (χ3n) is 2.47. The lowest BCUT2D eigenvalue weighted by Gasteiger charge is -2.17. The highest BCUT2D eigenvalue weighted by atomic mass is 32.1. The molecular formula is C12H15N3OS. The Morgan fingerprint density at radius 1 is 1.35 bits per heavy atom. The zero-order valence-electron chi connectivity index (χ0n) is 9.67. The molecule has 1 aromatic carbocycles. The number of benzene rings is 1. The Morgan fingerprint density at radius 3 is 2.82 bits per heavy atom. The van der Waals surface area contributed by atoms with Crippen molar-refractivity contribution in [1.82, 2.24) is 14.9 Å². The first-order valence-corrected chi connectivity index (χ1v) is 6.27. The SMILES string of the molecule is COCC(NCc1csnn1)c1ccccc1. The van der Waals surface area contributed by atoms with Gasteiger partial charge in [-0.05, 0) is 17.1 Å². The molecule has 0 spiro atoms. The summed E-state index contributed by atoms with van der Waals surface area (Å²) in [4.78, 5) is 0. The van der Waals surface area contributed by atoms with Gasteiger partial charge in [0.15, 0.2) is 0 Å². The van der Waals surface area contributed by atoms with Gasteiger partial charge in [-0.3, -0.25) is 0 Å². The fraction of sp³-hybridized carbons (Fsp3) is 0.333. The van der Waals surface area contributed by atoms with E-state index in [4.69, 9.17) is 4.74 Å². The van der Waals surface area contributed by atoms with Gasteiger partial charge >= 0.3 is 0 Å². The maximum atomic E-state index is 5.23. The predicted octanol–water partition coefficient (Wildman–Crippen LogP) is 2.02. The Balaban J connectivity index is 1.98. The Kier molecular flexibility index (Phi) is 4.61. The molecule has 0 saturated carbocycles. The van der Waals surface area contributed by atoms with E-state index < -0.39 is 0 Å². The van der Waals surface area contributed by atoms with Gasteiger partial charge in [-0.25, -0.2) is 0 Å². The van der Waals surface area contributed by atoms with Crippen molar-refractivity contribution in [3.63, 3.8) is 0 Å². The molecule has 1 N–H and O–H groups in total. The van der Waals surface area contributed by atoms with E-state index in [9.17, 15) is 0 Å². The lowest BCUT2D eigenvalue weighted by atomic mass is 10.1. The Hall–Kier alpha value is -1.30. The van der Waals surface area contributed by atoms with E-state index in [2.05, 4.69) is 27.0 Å². The Bertz CT molecular complexity index is 419. The summed E-state index contributed by atoms with van der Waals surface area (Å²) in [6.07, 6.45) is 0. The lowest BCUT2D eigenvalue weighted by Crippen LogP contribution is -2.25. The lowest BCUT2D eigenvalue weighted by molar-refractivity contribution is 0.166. The van der Waals surface area contributed by atoms with Gasteiger partial charge in [-0.2, -0.15) is 0 Å². The second kappa shape index (κ2) is 6.44. The molecule has 5 heteroatoms. The summed E-state index contributed by atoms with van der Waals surface area (Å²) in [5.74, 6) is 0. The van der Waals surface area contributed by atoms with Crippen LogP contribution in [0.15, 0.2) is 35.7 Å². The summed E-state index contributed by atoms with van der Waals surface area (Å²) in [5.41, 5.74) is 2.18. The van der Waals surface area contributed by atoms with Crippen molar-refractivity contribution in [2.24, 2.45) is 0 Å². The zero-order valence-corrected chi connectivity index (χ0v) is 10.5. The van der Waals surface area contributed by atoms with Gasteiger partial charge in [-0.1, -0.05) is 34.8 Å². The number of nitrogens with one attached hydrogen (secondary N) is 1. The minimum atomic E-state index is 0.183. The highest BCUT2D eigenvalue weighted by Gasteiger charge is 2.10. The molecule has 1 heterocycles. The van der Waals surface area contributed by atoms with Gasteiger partial charge in [0.2, 0.25) is 0 Å². The highest BCUT2D eigenvalue weighted by molar-refractivity contribution is 7.03. The van der Waals surface area contributed by atoms with E-state index in [1.54, 1.807) is 7.11 Å². The van der Waals surface area contributed by atoms with E-state index in [1.807, 2.05) is 23.6 Å². The smallest absolute Gasteiger partial charge is 0.0893 e. The highest BCUT2D eigenvalue weighted by Crippen LogP contribution is 2.13. The average molecular weight is 249 g/mol.